The average molecular weight is 491 g/mol. The van der Waals surface area contributed by atoms with Gasteiger partial charge in [0.15, 0.2) is 22.9 Å². The minimum absolute atomic E-state index is 0.0687. The van der Waals surface area contributed by atoms with Crippen molar-refractivity contribution < 1.29 is 0 Å². The number of aliphatic imine (C=N–C) groups is 1. The number of fused-ring (bicyclic) bond motifs is 1. The van der Waals surface area contributed by atoms with Gasteiger partial charge in [-0.2, -0.15) is 9.97 Å². The molecule has 0 atom stereocenters. The van der Waals surface area contributed by atoms with E-state index in [2.05, 4.69) is 48.1 Å². The molecule has 0 radical (unpaired) electrons. The van der Waals surface area contributed by atoms with Crippen LogP contribution in [0.25, 0.3) is 11.2 Å². The summed E-state index contributed by atoms with van der Waals surface area (Å²) in [6.07, 6.45) is 8.51. The van der Waals surface area contributed by atoms with Crippen LogP contribution in [0.3, 0.4) is 0 Å². The molecular weight excluding hydrogens is 456 g/mol. The van der Waals surface area contributed by atoms with E-state index in [1.54, 1.807) is 0 Å². The molecule has 12 nitrogen and oxygen atoms in total. The Morgan fingerprint density at radius 2 is 1.92 bits per heavy atom. The molecule has 0 unspecified atom stereocenters. The largest absolute Gasteiger partial charge is 0.370 e. The molecule has 3 aliphatic rings. The first-order chi connectivity index (χ1) is 17.5. The lowest BCUT2D eigenvalue weighted by Gasteiger charge is -2.59. The Hall–Kier alpha value is -3.67. The van der Waals surface area contributed by atoms with Gasteiger partial charge in [0.2, 0.25) is 5.95 Å². The molecule has 190 valence electrons. The number of rotatable bonds is 8. The van der Waals surface area contributed by atoms with E-state index >= 15 is 0 Å². The highest BCUT2D eigenvalue weighted by Gasteiger charge is 2.50. The third-order valence-corrected chi connectivity index (χ3v) is 7.43. The zero-order chi connectivity index (χ0) is 24.7. The molecule has 0 amide bonds. The molecule has 0 aromatic carbocycles. The molecule has 0 bridgehead atoms. The average Bonchev–Trinajstić information content (AvgIpc) is 3.49. The lowest BCUT2D eigenvalue weighted by molar-refractivity contribution is -0.00279. The molecule has 12 heteroatoms. The molecule has 6 N–H and O–H groups in total. The monoisotopic (exact) mass is 490 g/mol. The molecule has 1 aliphatic carbocycles. The fraction of sp³-hybridized carbons (Fsp3) is 0.542. The van der Waals surface area contributed by atoms with Crippen molar-refractivity contribution in [1.29, 1.82) is 0 Å². The van der Waals surface area contributed by atoms with Crippen molar-refractivity contribution in [3.8, 4) is 0 Å². The summed E-state index contributed by atoms with van der Waals surface area (Å²) >= 11 is 0. The Morgan fingerprint density at radius 3 is 2.61 bits per heavy atom. The lowest BCUT2D eigenvalue weighted by atomic mass is 9.73. The molecule has 36 heavy (non-hydrogen) atoms. The number of hydrogen-bond acceptors (Lipinski definition) is 9. The van der Waals surface area contributed by atoms with E-state index in [0.717, 1.165) is 48.6 Å². The second kappa shape index (κ2) is 9.08. The Labute approximate surface area is 210 Å². The van der Waals surface area contributed by atoms with Crippen molar-refractivity contribution in [3.05, 3.63) is 24.7 Å². The van der Waals surface area contributed by atoms with Crippen molar-refractivity contribution in [2.75, 3.05) is 61.8 Å². The predicted octanol–water partition coefficient (Wildman–Crippen LogP) is 1.52. The Balaban J connectivity index is 1.21. The molecule has 3 fully saturated rings. The Bertz CT molecular complexity index is 1240. The molecule has 3 aromatic heterocycles. The minimum atomic E-state index is 0.0687. The van der Waals surface area contributed by atoms with Crippen LogP contribution in [-0.4, -0.2) is 81.7 Å². The molecule has 5 heterocycles. The van der Waals surface area contributed by atoms with Crippen LogP contribution in [0.5, 0.6) is 0 Å². The van der Waals surface area contributed by atoms with Gasteiger partial charge in [0.25, 0.3) is 0 Å². The highest BCUT2D eigenvalue weighted by atomic mass is 15.3. The maximum atomic E-state index is 5.44. The number of likely N-dealkylation sites (tertiary alicyclic amines) is 1. The van der Waals surface area contributed by atoms with Gasteiger partial charge in [-0.3, -0.25) is 4.99 Å². The van der Waals surface area contributed by atoms with Gasteiger partial charge in [0.1, 0.15) is 5.82 Å². The fourth-order valence-electron chi connectivity index (χ4n) is 5.89. The van der Waals surface area contributed by atoms with Gasteiger partial charge in [0, 0.05) is 44.2 Å². The minimum Gasteiger partial charge on any atom is -0.370 e. The number of pyridine rings is 1. The lowest BCUT2D eigenvalue weighted by Crippen LogP contribution is -2.71. The number of anilines is 4. The van der Waals surface area contributed by atoms with E-state index in [0.29, 0.717) is 36.3 Å². The van der Waals surface area contributed by atoms with Crippen molar-refractivity contribution in [2.24, 2.45) is 21.9 Å². The van der Waals surface area contributed by atoms with Gasteiger partial charge in [-0.15, -0.1) is 0 Å². The highest BCUT2D eigenvalue weighted by Crippen LogP contribution is 2.40. The maximum absolute atomic E-state index is 5.44. The first kappa shape index (κ1) is 22.8. The number of hydrogen-bond donors (Lipinski definition) is 4. The predicted molar refractivity (Wildman–Crippen MR) is 142 cm³/mol. The van der Waals surface area contributed by atoms with E-state index in [9.17, 15) is 0 Å². The van der Waals surface area contributed by atoms with Crippen LogP contribution >= 0.6 is 0 Å². The third kappa shape index (κ3) is 4.36. The van der Waals surface area contributed by atoms with Gasteiger partial charge in [-0.1, -0.05) is 12.8 Å². The van der Waals surface area contributed by atoms with Crippen LogP contribution in [0.1, 0.15) is 31.7 Å². The van der Waals surface area contributed by atoms with E-state index in [-0.39, 0.29) is 5.96 Å². The molecule has 2 saturated heterocycles. The summed E-state index contributed by atoms with van der Waals surface area (Å²) in [5.74, 6) is 2.24. The van der Waals surface area contributed by atoms with Gasteiger partial charge < -0.3 is 36.5 Å². The summed E-state index contributed by atoms with van der Waals surface area (Å²) in [5, 5.41) is 6.66. The van der Waals surface area contributed by atoms with Crippen LogP contribution in [0.4, 0.5) is 23.3 Å². The zero-order valence-corrected chi connectivity index (χ0v) is 20.7. The van der Waals surface area contributed by atoms with E-state index < -0.39 is 0 Å². The number of guanidine groups is 1. The first-order valence-corrected chi connectivity index (χ1v) is 12.7. The van der Waals surface area contributed by atoms with Crippen molar-refractivity contribution in [2.45, 2.75) is 31.7 Å². The van der Waals surface area contributed by atoms with Crippen molar-refractivity contribution in [3.63, 3.8) is 0 Å². The summed E-state index contributed by atoms with van der Waals surface area (Å²) in [7, 11) is 2.18. The molecule has 2 aliphatic heterocycles. The summed E-state index contributed by atoms with van der Waals surface area (Å²) in [6, 6.07) is 4.54. The van der Waals surface area contributed by atoms with E-state index in [1.165, 1.54) is 25.9 Å². The quantitative estimate of drug-likeness (QED) is 0.208. The van der Waals surface area contributed by atoms with Gasteiger partial charge in [0.05, 0.1) is 24.8 Å². The molecule has 1 saturated carbocycles. The summed E-state index contributed by atoms with van der Waals surface area (Å²) < 4.78 is 2.19. The van der Waals surface area contributed by atoms with Crippen molar-refractivity contribution >= 4 is 40.4 Å². The standard InChI is InChI=1S/C24H34N12/c1-34-11-24(12-34)13-35(14-24)18-7-6-16(10-29-18)31-20-19-21(36(15-30-19)17-4-2-3-5-17)33-23(32-20)28-9-8-27-22(25)26/h6-7,10,15,17H,2-5,8-9,11-14H2,1H3,(H4,25,26,27)(H2,28,31,32,33). The fourth-order valence-corrected chi connectivity index (χ4v) is 5.89. The Morgan fingerprint density at radius 1 is 1.11 bits per heavy atom. The van der Waals surface area contributed by atoms with Crippen LogP contribution in [0.2, 0.25) is 0 Å². The highest BCUT2D eigenvalue weighted by molar-refractivity contribution is 5.86. The number of imidazole rings is 1. The third-order valence-electron chi connectivity index (χ3n) is 7.43. The van der Waals surface area contributed by atoms with Crippen LogP contribution in [-0.2, 0) is 0 Å². The SMILES string of the molecule is CN1CC2(C1)CN(c1ccc(Nc3nc(NCCN=C(N)N)nc4c3ncn4C3CCCC3)cn1)C2. The second-order valence-electron chi connectivity index (χ2n) is 10.4. The van der Waals surface area contributed by atoms with Crippen molar-refractivity contribution in [1.82, 2.24) is 29.4 Å². The van der Waals surface area contributed by atoms with Gasteiger partial charge >= 0.3 is 0 Å². The second-order valence-corrected chi connectivity index (χ2v) is 10.4. The van der Waals surface area contributed by atoms with Crippen LogP contribution in [0, 0.1) is 5.41 Å². The normalized spacial score (nSPS) is 19.3. The van der Waals surface area contributed by atoms with Crippen LogP contribution < -0.4 is 27.0 Å². The van der Waals surface area contributed by atoms with Gasteiger partial charge in [-0.05, 0) is 32.0 Å². The topological polar surface area (TPSA) is 151 Å². The Kier molecular flexibility index (Phi) is 5.75. The summed E-state index contributed by atoms with van der Waals surface area (Å²) in [6.45, 7) is 5.48. The number of aromatic nitrogens is 5. The summed E-state index contributed by atoms with van der Waals surface area (Å²) in [5.41, 5.74) is 13.8. The molecule has 1 spiro atoms. The molecule has 3 aromatic rings. The maximum Gasteiger partial charge on any atom is 0.226 e. The van der Waals surface area contributed by atoms with Crippen LogP contribution in [0.15, 0.2) is 29.6 Å². The number of nitrogens with two attached hydrogens (primary N) is 2. The summed E-state index contributed by atoms with van der Waals surface area (Å²) in [4.78, 5) is 27.7. The molecular formula is C24H34N12. The zero-order valence-electron chi connectivity index (χ0n) is 20.7. The first-order valence-electron chi connectivity index (χ1n) is 12.7. The molecule has 6 rings (SSSR count). The number of nitrogens with one attached hydrogen (secondary N) is 2. The van der Waals surface area contributed by atoms with E-state index in [1.807, 2.05) is 18.6 Å². The van der Waals surface area contributed by atoms with Gasteiger partial charge in [-0.25, -0.2) is 9.97 Å². The van der Waals surface area contributed by atoms with E-state index in [4.69, 9.17) is 26.4 Å². The number of nitrogens with zero attached hydrogens (tertiary/aromatic N) is 8. The smallest absolute Gasteiger partial charge is 0.226 e.